The van der Waals surface area contributed by atoms with Crippen molar-refractivity contribution in [2.45, 2.75) is 33.5 Å². The molecule has 1 rings (SSSR count). The fourth-order valence-electron chi connectivity index (χ4n) is 1.05. The molecule has 1 aliphatic heterocycles. The minimum atomic E-state index is -1.30. The van der Waals surface area contributed by atoms with Crippen molar-refractivity contribution in [2.75, 3.05) is 13.2 Å². The molecular formula is C10H19BO2Si. The lowest BCUT2D eigenvalue weighted by molar-refractivity contribution is 0.0348. The molecule has 0 atom stereocenters. The molecule has 0 aromatic heterocycles. The standard InChI is InChI=1S/C10H19BO2Si/c1-10(2)8-12-11(13-9-10)6-7-14(3,4)5/h8-9H2,1-5H3. The van der Waals surface area contributed by atoms with E-state index >= 15 is 0 Å². The molecule has 0 saturated carbocycles. The molecule has 0 unspecified atom stereocenters. The predicted octanol–water partition coefficient (Wildman–Crippen LogP) is 1.97. The molecular weight excluding hydrogens is 191 g/mol. The molecule has 4 heteroatoms. The van der Waals surface area contributed by atoms with Gasteiger partial charge in [-0.2, -0.15) is 0 Å². The van der Waals surface area contributed by atoms with E-state index in [1.807, 2.05) is 0 Å². The summed E-state index contributed by atoms with van der Waals surface area (Å²) in [5.74, 6) is 3.07. The molecule has 1 aliphatic rings. The van der Waals surface area contributed by atoms with E-state index in [2.05, 4.69) is 44.9 Å². The highest BCUT2D eigenvalue weighted by molar-refractivity contribution is 6.84. The highest BCUT2D eigenvalue weighted by Gasteiger charge is 2.31. The van der Waals surface area contributed by atoms with Gasteiger partial charge in [-0.1, -0.05) is 39.3 Å². The van der Waals surface area contributed by atoms with Crippen LogP contribution in [0, 0.1) is 16.8 Å². The van der Waals surface area contributed by atoms with Gasteiger partial charge in [0.05, 0.1) is 0 Å². The summed E-state index contributed by atoms with van der Waals surface area (Å²) in [7, 11) is -1.59. The van der Waals surface area contributed by atoms with Crippen LogP contribution in [0.3, 0.4) is 0 Å². The van der Waals surface area contributed by atoms with Gasteiger partial charge in [-0.25, -0.2) is 0 Å². The van der Waals surface area contributed by atoms with Crippen molar-refractivity contribution < 1.29 is 9.31 Å². The average molecular weight is 210 g/mol. The fourth-order valence-corrected chi connectivity index (χ4v) is 1.60. The van der Waals surface area contributed by atoms with E-state index in [0.717, 1.165) is 13.2 Å². The minimum Gasteiger partial charge on any atom is -0.400 e. The maximum Gasteiger partial charge on any atom is 0.549 e. The van der Waals surface area contributed by atoms with Gasteiger partial charge in [-0.15, -0.1) is 5.54 Å². The molecule has 0 aromatic carbocycles. The molecule has 1 fully saturated rings. The summed E-state index contributed by atoms with van der Waals surface area (Å²) in [5, 5.41) is 0. The zero-order valence-corrected chi connectivity index (χ0v) is 10.8. The van der Waals surface area contributed by atoms with E-state index < -0.39 is 8.07 Å². The van der Waals surface area contributed by atoms with Crippen LogP contribution in [-0.4, -0.2) is 28.4 Å². The van der Waals surface area contributed by atoms with Crippen molar-refractivity contribution in [1.82, 2.24) is 0 Å². The van der Waals surface area contributed by atoms with Crippen LogP contribution in [0.4, 0.5) is 0 Å². The van der Waals surface area contributed by atoms with Crippen molar-refractivity contribution in [1.29, 1.82) is 0 Å². The Labute approximate surface area is 88.5 Å². The lowest BCUT2D eigenvalue weighted by Crippen LogP contribution is -2.40. The van der Waals surface area contributed by atoms with Crippen LogP contribution >= 0.6 is 0 Å². The maximum atomic E-state index is 5.52. The van der Waals surface area contributed by atoms with E-state index in [4.69, 9.17) is 9.31 Å². The Morgan fingerprint density at radius 1 is 1.14 bits per heavy atom. The first kappa shape index (κ1) is 11.8. The molecule has 14 heavy (non-hydrogen) atoms. The van der Waals surface area contributed by atoms with Gasteiger partial charge in [-0.3, -0.25) is 0 Å². The van der Waals surface area contributed by atoms with Crippen molar-refractivity contribution in [3.05, 3.63) is 0 Å². The Morgan fingerprint density at radius 3 is 2.07 bits per heavy atom. The van der Waals surface area contributed by atoms with Gasteiger partial charge in [0.15, 0.2) is 0 Å². The van der Waals surface area contributed by atoms with E-state index in [1.165, 1.54) is 0 Å². The average Bonchev–Trinajstić information content (AvgIpc) is 2.01. The highest BCUT2D eigenvalue weighted by atomic mass is 28.3. The van der Waals surface area contributed by atoms with Crippen LogP contribution in [0.15, 0.2) is 0 Å². The van der Waals surface area contributed by atoms with Gasteiger partial charge < -0.3 is 9.31 Å². The summed E-state index contributed by atoms with van der Waals surface area (Å²) in [6.45, 7) is 12.4. The molecule has 78 valence electrons. The summed E-state index contributed by atoms with van der Waals surface area (Å²) < 4.78 is 11.0. The molecule has 0 bridgehead atoms. The number of rotatable bonds is 0. The van der Waals surface area contributed by atoms with Gasteiger partial charge >= 0.3 is 7.12 Å². The third kappa shape index (κ3) is 4.32. The molecule has 0 aliphatic carbocycles. The van der Waals surface area contributed by atoms with E-state index in [0.29, 0.717) is 0 Å². The molecule has 0 N–H and O–H groups in total. The second-order valence-electron chi connectivity index (χ2n) is 5.64. The lowest BCUT2D eigenvalue weighted by Gasteiger charge is -2.31. The van der Waals surface area contributed by atoms with Gasteiger partial charge in [0, 0.05) is 18.6 Å². The Bertz CT molecular complexity index is 250. The quantitative estimate of drug-likeness (QED) is 0.449. The fraction of sp³-hybridized carbons (Fsp3) is 0.800. The Kier molecular flexibility index (Phi) is 3.46. The Balaban J connectivity index is 2.46. The van der Waals surface area contributed by atoms with Crippen LogP contribution in [0.5, 0.6) is 0 Å². The molecule has 0 spiro atoms. The highest BCUT2D eigenvalue weighted by Crippen LogP contribution is 2.20. The van der Waals surface area contributed by atoms with E-state index in [-0.39, 0.29) is 12.5 Å². The first-order valence-corrected chi connectivity index (χ1v) is 8.54. The van der Waals surface area contributed by atoms with Gasteiger partial charge in [0.25, 0.3) is 0 Å². The minimum absolute atomic E-state index is 0.136. The van der Waals surface area contributed by atoms with Crippen molar-refractivity contribution in [3.63, 3.8) is 0 Å². The molecule has 0 aromatic rings. The number of hydrogen-bond acceptors (Lipinski definition) is 2. The second-order valence-corrected chi connectivity index (χ2v) is 10.4. The summed E-state index contributed by atoms with van der Waals surface area (Å²) in [4.78, 5) is 0. The van der Waals surface area contributed by atoms with Crippen molar-refractivity contribution in [2.24, 2.45) is 5.41 Å². The SMILES string of the molecule is CC1(C)COB(C#C[Si](C)(C)C)OC1. The Morgan fingerprint density at radius 2 is 1.64 bits per heavy atom. The second kappa shape index (κ2) is 4.10. The van der Waals surface area contributed by atoms with Crippen LogP contribution in [0.25, 0.3) is 0 Å². The van der Waals surface area contributed by atoms with Crippen LogP contribution in [0.2, 0.25) is 19.6 Å². The summed E-state index contributed by atoms with van der Waals surface area (Å²) in [6.07, 6.45) is 0. The molecule has 0 amide bonds. The van der Waals surface area contributed by atoms with Gasteiger partial charge in [0.2, 0.25) is 0 Å². The van der Waals surface area contributed by atoms with E-state index in [9.17, 15) is 0 Å². The monoisotopic (exact) mass is 210 g/mol. The van der Waals surface area contributed by atoms with Gasteiger partial charge in [-0.05, 0) is 0 Å². The lowest BCUT2D eigenvalue weighted by atomic mass is 9.85. The van der Waals surface area contributed by atoms with E-state index in [1.54, 1.807) is 0 Å². The van der Waals surface area contributed by atoms with Crippen LogP contribution < -0.4 is 0 Å². The maximum absolute atomic E-state index is 5.52. The normalized spacial score (nSPS) is 21.4. The molecule has 1 heterocycles. The third-order valence-electron chi connectivity index (χ3n) is 1.82. The third-order valence-corrected chi connectivity index (χ3v) is 2.71. The molecule has 1 saturated heterocycles. The first-order chi connectivity index (χ1) is 6.29. The van der Waals surface area contributed by atoms with Crippen LogP contribution in [-0.2, 0) is 9.31 Å². The van der Waals surface area contributed by atoms with Crippen LogP contribution in [0.1, 0.15) is 13.8 Å². The smallest absolute Gasteiger partial charge is 0.400 e. The summed E-state index contributed by atoms with van der Waals surface area (Å²) >= 11 is 0. The first-order valence-electron chi connectivity index (χ1n) is 5.04. The van der Waals surface area contributed by atoms with Gasteiger partial charge in [0.1, 0.15) is 8.07 Å². The predicted molar refractivity (Wildman–Crippen MR) is 62.6 cm³/mol. The zero-order valence-electron chi connectivity index (χ0n) is 9.81. The Hall–Kier alpha value is -0.238. The largest absolute Gasteiger partial charge is 0.549 e. The number of hydrogen-bond donors (Lipinski definition) is 0. The van der Waals surface area contributed by atoms with Crippen molar-refractivity contribution >= 4 is 15.2 Å². The summed E-state index contributed by atoms with van der Waals surface area (Å²) in [6, 6.07) is 0. The molecule has 2 nitrogen and oxygen atoms in total. The summed E-state index contributed by atoms with van der Waals surface area (Å²) in [5.41, 5.74) is 3.39. The zero-order chi connectivity index (χ0) is 10.8. The topological polar surface area (TPSA) is 18.5 Å². The van der Waals surface area contributed by atoms with Crippen molar-refractivity contribution in [3.8, 4) is 11.4 Å². The molecule has 0 radical (unpaired) electrons.